The Morgan fingerprint density at radius 2 is 1.76 bits per heavy atom. The monoisotopic (exact) mass is 686 g/mol. The first-order valence-corrected chi connectivity index (χ1v) is 18.0. The van der Waals surface area contributed by atoms with Gasteiger partial charge in [0.15, 0.2) is 17.1 Å². The van der Waals surface area contributed by atoms with Gasteiger partial charge in [0.05, 0.1) is 32.3 Å². The van der Waals surface area contributed by atoms with Gasteiger partial charge in [0.1, 0.15) is 12.1 Å². The van der Waals surface area contributed by atoms with Crippen molar-refractivity contribution in [3.05, 3.63) is 70.6 Å². The van der Waals surface area contributed by atoms with Crippen LogP contribution in [0.15, 0.2) is 48.9 Å². The van der Waals surface area contributed by atoms with Gasteiger partial charge in [-0.15, -0.1) is 0 Å². The highest BCUT2D eigenvalue weighted by Gasteiger charge is 2.47. The number of amides is 1. The van der Waals surface area contributed by atoms with E-state index in [2.05, 4.69) is 41.9 Å². The molecule has 49 heavy (non-hydrogen) atoms. The fourth-order valence-electron chi connectivity index (χ4n) is 8.33. The summed E-state index contributed by atoms with van der Waals surface area (Å²) < 4.78 is 13.3. The van der Waals surface area contributed by atoms with Crippen LogP contribution in [0.3, 0.4) is 0 Å². The van der Waals surface area contributed by atoms with Crippen LogP contribution in [-0.4, -0.2) is 95.5 Å². The van der Waals surface area contributed by atoms with Crippen LogP contribution in [0.4, 0.5) is 5.82 Å². The van der Waals surface area contributed by atoms with Crippen LogP contribution in [0.2, 0.25) is 5.02 Å². The second-order valence-electron chi connectivity index (χ2n) is 13.5. The topological polar surface area (TPSA) is 115 Å². The summed E-state index contributed by atoms with van der Waals surface area (Å²) in [6.45, 7) is 6.03. The second-order valence-corrected chi connectivity index (χ2v) is 14.0. The molecule has 0 radical (unpaired) electrons. The number of nitrogens with two attached hydrogens (primary N) is 1. The van der Waals surface area contributed by atoms with Crippen molar-refractivity contribution in [1.29, 1.82) is 0 Å². The molecule has 0 atom stereocenters. The SMILES string of the molecule is COc1cc2c(cc1OC)C1(CCC(C(=O)N3CCN(c4ncnc5c4cnn5Cc4ccccc4Cl)CC3)CC1)N(CCCCN)CC2. The number of benzene rings is 2. The van der Waals surface area contributed by atoms with Gasteiger partial charge in [0.2, 0.25) is 5.91 Å². The maximum atomic E-state index is 14.0. The molecule has 0 unspecified atom stereocenters. The molecule has 2 aromatic carbocycles. The number of hydrogen-bond acceptors (Lipinski definition) is 9. The Hall–Kier alpha value is -3.93. The summed E-state index contributed by atoms with van der Waals surface area (Å²) >= 11 is 6.42. The highest BCUT2D eigenvalue weighted by molar-refractivity contribution is 6.31. The second kappa shape index (κ2) is 14.5. The lowest BCUT2D eigenvalue weighted by molar-refractivity contribution is -0.138. The zero-order valence-electron chi connectivity index (χ0n) is 28.6. The number of fused-ring (bicyclic) bond motifs is 3. The Morgan fingerprint density at radius 1 is 1.00 bits per heavy atom. The van der Waals surface area contributed by atoms with Gasteiger partial charge in [-0.25, -0.2) is 14.6 Å². The first-order valence-electron chi connectivity index (χ1n) is 17.6. The first-order chi connectivity index (χ1) is 24.0. The van der Waals surface area contributed by atoms with Gasteiger partial charge in [0, 0.05) is 49.2 Å². The molecule has 7 rings (SSSR count). The molecule has 260 valence electrons. The Labute approximate surface area is 293 Å². The van der Waals surface area contributed by atoms with Crippen LogP contribution in [0, 0.1) is 5.92 Å². The smallest absolute Gasteiger partial charge is 0.225 e. The number of ether oxygens (including phenoxy) is 2. The average molecular weight is 687 g/mol. The molecule has 1 saturated heterocycles. The fraction of sp³-hybridized carbons (Fsp3) is 0.514. The van der Waals surface area contributed by atoms with Gasteiger partial charge in [-0.3, -0.25) is 9.69 Å². The van der Waals surface area contributed by atoms with Crippen LogP contribution in [0.25, 0.3) is 11.0 Å². The van der Waals surface area contributed by atoms with Gasteiger partial charge in [-0.1, -0.05) is 29.8 Å². The lowest BCUT2D eigenvalue weighted by atomic mass is 9.68. The Kier molecular flexibility index (Phi) is 9.94. The number of carbonyl (C=O) groups is 1. The van der Waals surface area contributed by atoms with Crippen LogP contribution in [-0.2, 0) is 23.3 Å². The van der Waals surface area contributed by atoms with E-state index in [9.17, 15) is 4.79 Å². The zero-order chi connectivity index (χ0) is 34.0. The lowest BCUT2D eigenvalue weighted by Gasteiger charge is -2.52. The van der Waals surface area contributed by atoms with Gasteiger partial charge in [0.25, 0.3) is 0 Å². The first kappa shape index (κ1) is 33.6. The standard InChI is InChI=1S/C37H47ClN8O3/c1-48-32-21-27-11-16-45(15-6-5-14-39)37(30(27)22-33(32)49-2)12-9-26(10-13-37)36(47)44-19-17-43(18-20-44)34-29-23-42-46(35(29)41-25-40-34)24-28-7-3-4-8-31(28)38/h3-4,7-8,21-23,25-26H,5-6,9-20,24,39H2,1-2H3. The zero-order valence-corrected chi connectivity index (χ0v) is 29.4. The number of rotatable bonds is 10. The van der Waals surface area contributed by atoms with E-state index >= 15 is 0 Å². The van der Waals surface area contributed by atoms with Crippen LogP contribution >= 0.6 is 11.6 Å². The fourth-order valence-corrected chi connectivity index (χ4v) is 8.53. The third kappa shape index (κ3) is 6.44. The van der Waals surface area contributed by atoms with Crippen LogP contribution in [0.5, 0.6) is 11.5 Å². The summed E-state index contributed by atoms with van der Waals surface area (Å²) in [6, 6.07) is 12.2. The van der Waals surface area contributed by atoms with Crippen molar-refractivity contribution in [3.8, 4) is 11.5 Å². The van der Waals surface area contributed by atoms with Crippen molar-refractivity contribution in [2.75, 3.05) is 64.9 Å². The molecule has 2 fully saturated rings. The minimum absolute atomic E-state index is 0.0300. The predicted molar refractivity (Wildman–Crippen MR) is 191 cm³/mol. The number of hydrogen-bond donors (Lipinski definition) is 1. The van der Waals surface area contributed by atoms with Gasteiger partial charge >= 0.3 is 0 Å². The number of methoxy groups -OCH3 is 2. The number of anilines is 1. The Bertz CT molecular complexity index is 1780. The summed E-state index contributed by atoms with van der Waals surface area (Å²) in [6.07, 6.45) is 10.2. The summed E-state index contributed by atoms with van der Waals surface area (Å²) in [4.78, 5) is 30.2. The molecular formula is C37H47ClN8O3. The molecule has 11 nitrogen and oxygen atoms in total. The summed E-state index contributed by atoms with van der Waals surface area (Å²) in [5.41, 5.74) is 10.2. The molecule has 2 N–H and O–H groups in total. The lowest BCUT2D eigenvalue weighted by Crippen LogP contribution is -2.55. The average Bonchev–Trinajstić information content (AvgIpc) is 3.56. The third-order valence-electron chi connectivity index (χ3n) is 11.0. The predicted octanol–water partition coefficient (Wildman–Crippen LogP) is 4.88. The van der Waals surface area contributed by atoms with E-state index in [1.54, 1.807) is 20.5 Å². The van der Waals surface area contributed by atoms with E-state index in [0.29, 0.717) is 44.3 Å². The largest absolute Gasteiger partial charge is 0.493 e. The molecule has 4 aromatic rings. The molecule has 1 aliphatic carbocycles. The minimum atomic E-state index is -0.105. The summed E-state index contributed by atoms with van der Waals surface area (Å²) in [7, 11) is 3.40. The van der Waals surface area contributed by atoms with E-state index in [4.69, 9.17) is 26.8 Å². The summed E-state index contributed by atoms with van der Waals surface area (Å²) in [5, 5.41) is 6.24. The quantitative estimate of drug-likeness (QED) is 0.233. The number of aromatic nitrogens is 4. The highest BCUT2D eigenvalue weighted by atomic mass is 35.5. The molecule has 2 aromatic heterocycles. The van der Waals surface area contributed by atoms with E-state index < -0.39 is 0 Å². The van der Waals surface area contributed by atoms with Gasteiger partial charge < -0.3 is 25.0 Å². The van der Waals surface area contributed by atoms with Crippen molar-refractivity contribution in [3.63, 3.8) is 0 Å². The molecule has 4 heterocycles. The van der Waals surface area contributed by atoms with E-state index in [1.807, 2.05) is 35.1 Å². The molecule has 2 aliphatic heterocycles. The van der Waals surface area contributed by atoms with Gasteiger partial charge in [-0.2, -0.15) is 5.10 Å². The number of piperazine rings is 1. The Morgan fingerprint density at radius 3 is 2.49 bits per heavy atom. The van der Waals surface area contributed by atoms with Crippen LogP contribution in [0.1, 0.15) is 55.2 Å². The maximum absolute atomic E-state index is 14.0. The number of nitrogens with zero attached hydrogens (tertiary/aromatic N) is 7. The van der Waals surface area contributed by atoms with Crippen molar-refractivity contribution in [2.24, 2.45) is 11.7 Å². The van der Waals surface area contributed by atoms with Crippen molar-refractivity contribution in [2.45, 2.75) is 57.0 Å². The molecule has 3 aliphatic rings. The Balaban J connectivity index is 1.02. The molecule has 12 heteroatoms. The highest BCUT2D eigenvalue weighted by Crippen LogP contribution is 2.50. The van der Waals surface area contributed by atoms with Crippen molar-refractivity contribution >= 4 is 34.4 Å². The number of halogens is 1. The van der Waals surface area contributed by atoms with Crippen molar-refractivity contribution in [1.82, 2.24) is 29.5 Å². The van der Waals surface area contributed by atoms with E-state index in [1.165, 1.54) is 11.1 Å². The minimum Gasteiger partial charge on any atom is -0.493 e. The van der Waals surface area contributed by atoms with E-state index in [-0.39, 0.29) is 17.4 Å². The molecule has 1 amide bonds. The van der Waals surface area contributed by atoms with Gasteiger partial charge in [-0.05, 0) is 92.9 Å². The normalized spacial score (nSPS) is 21.3. The van der Waals surface area contributed by atoms with E-state index in [0.717, 1.165) is 91.9 Å². The summed E-state index contributed by atoms with van der Waals surface area (Å²) in [5.74, 6) is 2.73. The maximum Gasteiger partial charge on any atom is 0.225 e. The molecule has 1 saturated carbocycles. The molecule has 0 bridgehead atoms. The third-order valence-corrected chi connectivity index (χ3v) is 11.4. The van der Waals surface area contributed by atoms with Crippen molar-refractivity contribution < 1.29 is 14.3 Å². The molecular weight excluding hydrogens is 640 g/mol. The number of unbranched alkanes of at least 4 members (excludes halogenated alkanes) is 1. The van der Waals surface area contributed by atoms with Crippen LogP contribution < -0.4 is 20.1 Å². The molecule has 1 spiro atoms. The number of carbonyl (C=O) groups excluding carboxylic acids is 1.